The van der Waals surface area contributed by atoms with Crippen LogP contribution in [0, 0.1) is 0 Å². The normalized spacial score (nSPS) is 17.4. The molecule has 0 unspecified atom stereocenters. The fourth-order valence-electron chi connectivity index (χ4n) is 2.09. The molecule has 5 nitrogen and oxygen atoms in total. The number of aromatic nitrogens is 2. The number of hydrogen-bond donors (Lipinski definition) is 0. The Morgan fingerprint density at radius 2 is 1.95 bits per heavy atom. The van der Waals surface area contributed by atoms with Gasteiger partial charge in [-0.2, -0.15) is 0 Å². The molecule has 0 saturated carbocycles. The van der Waals surface area contributed by atoms with Crippen molar-refractivity contribution in [2.75, 3.05) is 31.6 Å². The Labute approximate surface area is 128 Å². The van der Waals surface area contributed by atoms with Crippen LogP contribution < -0.4 is 4.90 Å². The number of anilines is 1. The van der Waals surface area contributed by atoms with Crippen molar-refractivity contribution in [2.45, 2.75) is 32.6 Å². The van der Waals surface area contributed by atoms with Crippen LogP contribution in [0.5, 0.6) is 0 Å². The lowest BCUT2D eigenvalue weighted by molar-refractivity contribution is -0.127. The standard InChI is InChI=1S/C14H21BrN4O/c1-14(2,3)13-16-10(15)8-11(17-13)19-7-5-6-18(4)12(20)9-19/h8H,5-7,9H2,1-4H3. The van der Waals surface area contributed by atoms with Crippen molar-refractivity contribution in [2.24, 2.45) is 0 Å². The molecule has 0 aromatic carbocycles. The molecule has 1 fully saturated rings. The summed E-state index contributed by atoms with van der Waals surface area (Å²) in [6.45, 7) is 8.26. The molecule has 1 amide bonds. The van der Waals surface area contributed by atoms with Crippen LogP contribution in [0.1, 0.15) is 33.0 Å². The minimum Gasteiger partial charge on any atom is -0.347 e. The average molecular weight is 341 g/mol. The fourth-order valence-corrected chi connectivity index (χ4v) is 2.46. The molecule has 1 aliphatic rings. The molecule has 0 radical (unpaired) electrons. The van der Waals surface area contributed by atoms with E-state index >= 15 is 0 Å². The molecule has 1 aromatic rings. The van der Waals surface area contributed by atoms with E-state index in [1.54, 1.807) is 4.90 Å². The Hall–Kier alpha value is -1.17. The maximum absolute atomic E-state index is 12.0. The minimum atomic E-state index is -0.120. The van der Waals surface area contributed by atoms with Crippen molar-refractivity contribution < 1.29 is 4.79 Å². The summed E-state index contributed by atoms with van der Waals surface area (Å²) >= 11 is 3.45. The average Bonchev–Trinajstić information content (AvgIpc) is 2.50. The highest BCUT2D eigenvalue weighted by molar-refractivity contribution is 9.10. The van der Waals surface area contributed by atoms with Crippen molar-refractivity contribution in [1.29, 1.82) is 0 Å². The largest absolute Gasteiger partial charge is 0.347 e. The highest BCUT2D eigenvalue weighted by Gasteiger charge is 2.23. The first kappa shape index (κ1) is 15.2. The number of rotatable bonds is 1. The lowest BCUT2D eigenvalue weighted by atomic mass is 9.96. The van der Waals surface area contributed by atoms with Gasteiger partial charge in [-0.1, -0.05) is 20.8 Å². The summed E-state index contributed by atoms with van der Waals surface area (Å²) in [4.78, 5) is 24.9. The van der Waals surface area contributed by atoms with Gasteiger partial charge in [0.1, 0.15) is 16.2 Å². The van der Waals surface area contributed by atoms with Gasteiger partial charge in [0.25, 0.3) is 0 Å². The predicted molar refractivity (Wildman–Crippen MR) is 82.9 cm³/mol. The third-order valence-corrected chi connectivity index (χ3v) is 3.76. The van der Waals surface area contributed by atoms with Gasteiger partial charge in [0.2, 0.25) is 5.91 Å². The minimum absolute atomic E-state index is 0.120. The first-order valence-electron chi connectivity index (χ1n) is 6.81. The molecule has 0 atom stereocenters. The van der Waals surface area contributed by atoms with Gasteiger partial charge >= 0.3 is 0 Å². The number of halogens is 1. The molecular formula is C14H21BrN4O. The van der Waals surface area contributed by atoms with Gasteiger partial charge in [0.15, 0.2) is 0 Å². The van der Waals surface area contributed by atoms with Gasteiger partial charge in [-0.15, -0.1) is 0 Å². The van der Waals surface area contributed by atoms with Crippen molar-refractivity contribution in [3.05, 3.63) is 16.5 Å². The molecule has 0 bridgehead atoms. The second-order valence-electron chi connectivity index (χ2n) is 6.21. The maximum atomic E-state index is 12.0. The predicted octanol–water partition coefficient (Wildman–Crippen LogP) is 2.21. The van der Waals surface area contributed by atoms with Crippen LogP contribution in [0.2, 0.25) is 0 Å². The Kier molecular flexibility index (Phi) is 4.32. The Morgan fingerprint density at radius 3 is 2.60 bits per heavy atom. The van der Waals surface area contributed by atoms with Crippen LogP contribution in [0.3, 0.4) is 0 Å². The van der Waals surface area contributed by atoms with E-state index in [4.69, 9.17) is 0 Å². The summed E-state index contributed by atoms with van der Waals surface area (Å²) in [6.07, 6.45) is 0.953. The van der Waals surface area contributed by atoms with E-state index in [1.807, 2.05) is 18.0 Å². The summed E-state index contributed by atoms with van der Waals surface area (Å²) in [5, 5.41) is 0. The smallest absolute Gasteiger partial charge is 0.241 e. The quantitative estimate of drug-likeness (QED) is 0.735. The van der Waals surface area contributed by atoms with Gasteiger partial charge in [0, 0.05) is 31.6 Å². The Morgan fingerprint density at radius 1 is 1.25 bits per heavy atom. The van der Waals surface area contributed by atoms with Gasteiger partial charge in [-0.25, -0.2) is 9.97 Å². The number of carbonyl (C=O) groups excluding carboxylic acids is 1. The van der Waals surface area contributed by atoms with Crippen LogP contribution in [0.25, 0.3) is 0 Å². The molecule has 0 aliphatic carbocycles. The SMILES string of the molecule is CN1CCCN(c2cc(Br)nc(C(C)(C)C)n2)CC1=O. The van der Waals surface area contributed by atoms with Crippen LogP contribution in [-0.4, -0.2) is 47.5 Å². The van der Waals surface area contributed by atoms with Gasteiger partial charge < -0.3 is 9.80 Å². The molecule has 20 heavy (non-hydrogen) atoms. The van der Waals surface area contributed by atoms with Crippen LogP contribution >= 0.6 is 15.9 Å². The van der Waals surface area contributed by atoms with Crippen molar-refractivity contribution >= 4 is 27.7 Å². The molecule has 6 heteroatoms. The van der Waals surface area contributed by atoms with Gasteiger partial charge in [-0.05, 0) is 22.4 Å². The van der Waals surface area contributed by atoms with Crippen LogP contribution in [0.4, 0.5) is 5.82 Å². The summed E-state index contributed by atoms with van der Waals surface area (Å²) < 4.78 is 0.762. The zero-order valence-corrected chi connectivity index (χ0v) is 14.1. The van der Waals surface area contributed by atoms with E-state index < -0.39 is 0 Å². The summed E-state index contributed by atoms with van der Waals surface area (Å²) in [5.74, 6) is 1.74. The number of likely N-dealkylation sites (N-methyl/N-ethyl adjacent to an activating group) is 1. The number of nitrogens with zero attached hydrogens (tertiary/aromatic N) is 4. The lowest BCUT2D eigenvalue weighted by Crippen LogP contribution is -2.35. The van der Waals surface area contributed by atoms with Gasteiger partial charge in [-0.3, -0.25) is 4.79 Å². The molecular weight excluding hydrogens is 320 g/mol. The second kappa shape index (κ2) is 5.68. The highest BCUT2D eigenvalue weighted by Crippen LogP contribution is 2.24. The molecule has 110 valence electrons. The number of hydrogen-bond acceptors (Lipinski definition) is 4. The molecule has 1 aromatic heterocycles. The zero-order chi connectivity index (χ0) is 14.9. The molecule has 0 N–H and O–H groups in total. The molecule has 0 spiro atoms. The summed E-state index contributed by atoms with van der Waals surface area (Å²) in [5.41, 5.74) is -0.120. The first-order chi connectivity index (χ1) is 9.27. The molecule has 1 saturated heterocycles. The van der Waals surface area contributed by atoms with E-state index in [0.29, 0.717) is 6.54 Å². The topological polar surface area (TPSA) is 49.3 Å². The third-order valence-electron chi connectivity index (χ3n) is 3.35. The van der Waals surface area contributed by atoms with Crippen molar-refractivity contribution in [3.8, 4) is 0 Å². The second-order valence-corrected chi connectivity index (χ2v) is 7.03. The maximum Gasteiger partial charge on any atom is 0.241 e. The van der Waals surface area contributed by atoms with E-state index in [-0.39, 0.29) is 11.3 Å². The van der Waals surface area contributed by atoms with Gasteiger partial charge in [0.05, 0.1) is 6.54 Å². The highest BCUT2D eigenvalue weighted by atomic mass is 79.9. The number of amides is 1. The lowest BCUT2D eigenvalue weighted by Gasteiger charge is -2.24. The van der Waals surface area contributed by atoms with E-state index in [2.05, 4.69) is 46.7 Å². The third kappa shape index (κ3) is 3.48. The molecule has 2 rings (SSSR count). The monoisotopic (exact) mass is 340 g/mol. The summed E-state index contributed by atoms with van der Waals surface area (Å²) in [6, 6.07) is 1.88. The van der Waals surface area contributed by atoms with E-state index in [1.165, 1.54) is 0 Å². The Balaban J connectivity index is 2.32. The molecule has 2 heterocycles. The van der Waals surface area contributed by atoms with Crippen LogP contribution in [0.15, 0.2) is 10.7 Å². The first-order valence-corrected chi connectivity index (χ1v) is 7.60. The number of carbonyl (C=O) groups is 1. The van der Waals surface area contributed by atoms with E-state index in [9.17, 15) is 4.79 Å². The van der Waals surface area contributed by atoms with Crippen molar-refractivity contribution in [1.82, 2.24) is 14.9 Å². The molecule has 1 aliphatic heterocycles. The zero-order valence-electron chi connectivity index (χ0n) is 12.5. The van der Waals surface area contributed by atoms with Crippen molar-refractivity contribution in [3.63, 3.8) is 0 Å². The van der Waals surface area contributed by atoms with E-state index in [0.717, 1.165) is 35.8 Å². The van der Waals surface area contributed by atoms with Crippen LogP contribution in [-0.2, 0) is 10.2 Å². The Bertz CT molecular complexity index is 512. The summed E-state index contributed by atoms with van der Waals surface area (Å²) in [7, 11) is 1.85. The fraction of sp³-hybridized carbons (Fsp3) is 0.643.